The minimum absolute atomic E-state index is 0.219. The number of aromatic nitrogens is 1. The molecule has 0 aliphatic heterocycles. The minimum Gasteiger partial charge on any atom is -0.488 e. The van der Waals surface area contributed by atoms with Gasteiger partial charge in [0.05, 0.1) is 10.4 Å². The Morgan fingerprint density at radius 2 is 1.93 bits per heavy atom. The van der Waals surface area contributed by atoms with Crippen LogP contribution in [0.5, 0.6) is 5.75 Å². The Hall–Kier alpha value is -3.19. The van der Waals surface area contributed by atoms with Gasteiger partial charge in [-0.2, -0.15) is 0 Å². The van der Waals surface area contributed by atoms with Crippen LogP contribution in [0.1, 0.15) is 22.6 Å². The predicted molar refractivity (Wildman–Crippen MR) is 117 cm³/mol. The first-order valence-corrected chi connectivity index (χ1v) is 10.1. The van der Waals surface area contributed by atoms with Crippen LogP contribution in [-0.4, -0.2) is 16.5 Å². The Balaban J connectivity index is 1.62. The monoisotopic (exact) mass is 468 g/mol. The lowest BCUT2D eigenvalue weighted by Crippen LogP contribution is -2.14. The highest BCUT2D eigenvalue weighted by Crippen LogP contribution is 2.35. The van der Waals surface area contributed by atoms with E-state index in [-0.39, 0.29) is 23.9 Å². The van der Waals surface area contributed by atoms with Crippen LogP contribution in [-0.2, 0) is 6.61 Å². The van der Waals surface area contributed by atoms with E-state index in [0.717, 1.165) is 27.6 Å². The summed E-state index contributed by atoms with van der Waals surface area (Å²) in [5.74, 6) is -0.140. The maximum absolute atomic E-state index is 13.3. The van der Waals surface area contributed by atoms with Gasteiger partial charge in [-0.25, -0.2) is 4.39 Å². The number of hydrogen-bond acceptors (Lipinski definition) is 3. The molecule has 1 N–H and O–H groups in total. The molecule has 5 nitrogen and oxygen atoms in total. The second-order valence-corrected chi connectivity index (χ2v) is 7.82. The molecule has 3 aromatic carbocycles. The number of nitrogens with one attached hydrogen (secondary N) is 1. The van der Waals surface area contributed by atoms with E-state index in [0.29, 0.717) is 10.2 Å². The SMILES string of the molecule is O=[N+]([O-])C[C@H](c1ccc(OCc2cccc(F)c2)c(Br)c1)c1c[nH]c2ccccc12. The summed E-state index contributed by atoms with van der Waals surface area (Å²) in [5.41, 5.74) is 3.34. The van der Waals surface area contributed by atoms with Crippen molar-refractivity contribution in [2.45, 2.75) is 12.5 Å². The first-order valence-electron chi connectivity index (χ1n) is 9.36. The highest BCUT2D eigenvalue weighted by molar-refractivity contribution is 9.10. The van der Waals surface area contributed by atoms with Crippen LogP contribution < -0.4 is 4.74 Å². The molecule has 0 saturated heterocycles. The first-order chi connectivity index (χ1) is 14.5. The average Bonchev–Trinajstić information content (AvgIpc) is 3.15. The van der Waals surface area contributed by atoms with Gasteiger partial charge in [0.25, 0.3) is 0 Å². The summed E-state index contributed by atoms with van der Waals surface area (Å²) in [6.45, 7) is -0.00569. The Morgan fingerprint density at radius 1 is 1.10 bits per heavy atom. The van der Waals surface area contributed by atoms with Gasteiger partial charge in [-0.1, -0.05) is 36.4 Å². The second kappa shape index (κ2) is 8.67. The van der Waals surface area contributed by atoms with E-state index in [1.165, 1.54) is 12.1 Å². The third-order valence-electron chi connectivity index (χ3n) is 4.97. The van der Waals surface area contributed by atoms with E-state index in [1.54, 1.807) is 18.2 Å². The zero-order valence-electron chi connectivity index (χ0n) is 15.8. The molecule has 0 aliphatic carbocycles. The van der Waals surface area contributed by atoms with Crippen LogP contribution >= 0.6 is 15.9 Å². The highest BCUT2D eigenvalue weighted by atomic mass is 79.9. The number of hydrogen-bond donors (Lipinski definition) is 1. The van der Waals surface area contributed by atoms with Gasteiger partial charge in [0.1, 0.15) is 18.2 Å². The summed E-state index contributed by atoms with van der Waals surface area (Å²) in [7, 11) is 0. The van der Waals surface area contributed by atoms with E-state index in [2.05, 4.69) is 20.9 Å². The van der Waals surface area contributed by atoms with Gasteiger partial charge in [0.2, 0.25) is 6.54 Å². The standard InChI is InChI=1S/C23H18BrFN2O3/c24-21-11-16(8-9-23(21)30-14-15-4-3-5-17(25)10-15)20(13-27(28)29)19-12-26-22-7-2-1-6-18(19)22/h1-12,20,26H,13-14H2/t20-/m1/s1. The number of ether oxygens (including phenoxy) is 1. The van der Waals surface area contributed by atoms with E-state index in [4.69, 9.17) is 4.74 Å². The molecule has 1 aromatic heterocycles. The molecule has 1 heterocycles. The summed E-state index contributed by atoms with van der Waals surface area (Å²) in [6.07, 6.45) is 1.83. The molecule has 0 unspecified atom stereocenters. The quantitative estimate of drug-likeness (QED) is 0.264. The van der Waals surface area contributed by atoms with Crippen LogP contribution in [0.4, 0.5) is 4.39 Å². The van der Waals surface area contributed by atoms with Crippen molar-refractivity contribution in [1.29, 1.82) is 0 Å². The van der Waals surface area contributed by atoms with Crippen LogP contribution in [0, 0.1) is 15.9 Å². The molecule has 0 radical (unpaired) electrons. The summed E-state index contributed by atoms with van der Waals surface area (Å²) in [6, 6.07) is 19.4. The molecule has 4 rings (SSSR count). The molecular weight excluding hydrogens is 451 g/mol. The topological polar surface area (TPSA) is 68.2 Å². The molecule has 0 saturated carbocycles. The van der Waals surface area contributed by atoms with Gasteiger partial charge < -0.3 is 9.72 Å². The zero-order valence-corrected chi connectivity index (χ0v) is 17.4. The molecule has 4 aromatic rings. The molecule has 0 spiro atoms. The predicted octanol–water partition coefficient (Wildman–Crippen LogP) is 6.06. The lowest BCUT2D eigenvalue weighted by Gasteiger charge is -2.15. The number of para-hydroxylation sites is 1. The molecule has 30 heavy (non-hydrogen) atoms. The van der Waals surface area contributed by atoms with E-state index in [9.17, 15) is 14.5 Å². The number of rotatable bonds is 7. The number of H-pyrrole nitrogens is 1. The maximum Gasteiger partial charge on any atom is 0.214 e. The Morgan fingerprint density at radius 3 is 2.70 bits per heavy atom. The van der Waals surface area contributed by atoms with Crippen LogP contribution in [0.15, 0.2) is 77.4 Å². The van der Waals surface area contributed by atoms with Crippen molar-refractivity contribution in [2.24, 2.45) is 0 Å². The zero-order chi connectivity index (χ0) is 21.1. The summed E-state index contributed by atoms with van der Waals surface area (Å²) in [4.78, 5) is 14.3. The summed E-state index contributed by atoms with van der Waals surface area (Å²) < 4.78 is 19.8. The van der Waals surface area contributed by atoms with Crippen molar-refractivity contribution in [3.63, 3.8) is 0 Å². The molecule has 0 amide bonds. The van der Waals surface area contributed by atoms with E-state index in [1.807, 2.05) is 42.6 Å². The van der Waals surface area contributed by atoms with Gasteiger partial charge >= 0.3 is 0 Å². The third-order valence-corrected chi connectivity index (χ3v) is 5.59. The maximum atomic E-state index is 13.3. The fraction of sp³-hybridized carbons (Fsp3) is 0.130. The molecular formula is C23H18BrFN2O3. The number of nitro groups is 1. The van der Waals surface area contributed by atoms with Gasteiger partial charge in [0, 0.05) is 22.0 Å². The van der Waals surface area contributed by atoms with Gasteiger partial charge in [0.15, 0.2) is 0 Å². The molecule has 0 fully saturated rings. The molecule has 152 valence electrons. The number of aromatic amines is 1. The van der Waals surface area contributed by atoms with Crippen molar-refractivity contribution in [1.82, 2.24) is 4.98 Å². The lowest BCUT2D eigenvalue weighted by atomic mass is 9.91. The molecule has 1 atom stereocenters. The molecule has 0 aliphatic rings. The van der Waals surface area contributed by atoms with Gasteiger partial charge in [-0.05, 0) is 63.0 Å². The summed E-state index contributed by atoms with van der Waals surface area (Å²) >= 11 is 3.51. The van der Waals surface area contributed by atoms with Crippen molar-refractivity contribution in [3.05, 3.63) is 110 Å². The van der Waals surface area contributed by atoms with Crippen LogP contribution in [0.3, 0.4) is 0 Å². The van der Waals surface area contributed by atoms with Crippen molar-refractivity contribution in [3.8, 4) is 5.75 Å². The first kappa shape index (κ1) is 20.1. The largest absolute Gasteiger partial charge is 0.488 e. The lowest BCUT2D eigenvalue weighted by molar-refractivity contribution is -0.481. The fourth-order valence-electron chi connectivity index (χ4n) is 3.55. The van der Waals surface area contributed by atoms with Crippen LogP contribution in [0.25, 0.3) is 10.9 Å². The number of nitrogens with zero attached hydrogens (tertiary/aromatic N) is 1. The van der Waals surface area contributed by atoms with Crippen molar-refractivity contribution in [2.75, 3.05) is 6.54 Å². The van der Waals surface area contributed by atoms with Crippen LogP contribution in [0.2, 0.25) is 0 Å². The Bertz CT molecular complexity index is 1210. The number of benzene rings is 3. The Labute approximate surface area is 180 Å². The second-order valence-electron chi connectivity index (χ2n) is 6.97. The number of fused-ring (bicyclic) bond motifs is 1. The Kier molecular flexibility index (Phi) is 5.81. The summed E-state index contributed by atoms with van der Waals surface area (Å²) in [5, 5.41) is 12.3. The minimum atomic E-state index is -0.412. The average molecular weight is 469 g/mol. The molecule has 7 heteroatoms. The normalized spacial score (nSPS) is 12.1. The smallest absolute Gasteiger partial charge is 0.214 e. The molecule has 0 bridgehead atoms. The van der Waals surface area contributed by atoms with Crippen molar-refractivity contribution >= 4 is 26.8 Å². The van der Waals surface area contributed by atoms with E-state index < -0.39 is 5.92 Å². The van der Waals surface area contributed by atoms with Crippen molar-refractivity contribution < 1.29 is 14.1 Å². The van der Waals surface area contributed by atoms with E-state index >= 15 is 0 Å². The highest BCUT2D eigenvalue weighted by Gasteiger charge is 2.24. The van der Waals surface area contributed by atoms with Gasteiger partial charge in [-0.3, -0.25) is 10.1 Å². The van der Waals surface area contributed by atoms with Gasteiger partial charge in [-0.15, -0.1) is 0 Å². The number of halogens is 2. The fourth-order valence-corrected chi connectivity index (χ4v) is 4.06. The third kappa shape index (κ3) is 4.36.